The van der Waals surface area contributed by atoms with Crippen molar-refractivity contribution in [3.8, 4) is 6.07 Å². The number of unbranched alkanes of at least 4 members (excludes halogenated alkanes) is 1. The Morgan fingerprint density at radius 1 is 1.32 bits per heavy atom. The maximum Gasteiger partial charge on any atom is 0.267 e. The Morgan fingerprint density at radius 2 is 1.91 bits per heavy atom. The van der Waals surface area contributed by atoms with Gasteiger partial charge in [0.1, 0.15) is 11.6 Å². The van der Waals surface area contributed by atoms with Gasteiger partial charge in [-0.15, -0.1) is 0 Å². The second-order valence-corrected chi connectivity index (χ2v) is 5.72. The Bertz CT molecular complexity index is 588. The van der Waals surface area contributed by atoms with Crippen molar-refractivity contribution in [2.45, 2.75) is 40.5 Å². The van der Waals surface area contributed by atoms with E-state index in [-0.39, 0.29) is 11.5 Å². The SMILES string of the molecule is CCCCN(C)/C=C(/C#N)C(=O)Nc1c(C)cc(C)cc1C. The number of benzene rings is 1. The molecule has 1 N–H and O–H groups in total. The third kappa shape index (κ3) is 4.92. The summed E-state index contributed by atoms with van der Waals surface area (Å²) >= 11 is 0. The molecule has 1 aromatic carbocycles. The van der Waals surface area contributed by atoms with Crippen LogP contribution in [0.15, 0.2) is 23.9 Å². The molecule has 118 valence electrons. The highest BCUT2D eigenvalue weighted by atomic mass is 16.1. The molecule has 0 aliphatic heterocycles. The molecule has 0 aliphatic rings. The molecule has 22 heavy (non-hydrogen) atoms. The normalized spacial score (nSPS) is 11.0. The topological polar surface area (TPSA) is 56.1 Å². The summed E-state index contributed by atoms with van der Waals surface area (Å²) in [4.78, 5) is 14.2. The van der Waals surface area contributed by atoms with E-state index >= 15 is 0 Å². The third-order valence-electron chi connectivity index (χ3n) is 3.49. The molecule has 4 heteroatoms. The lowest BCUT2D eigenvalue weighted by atomic mass is 10.0. The molecule has 1 rings (SSSR count). The number of rotatable bonds is 6. The molecule has 0 aliphatic carbocycles. The van der Waals surface area contributed by atoms with E-state index in [0.717, 1.165) is 41.8 Å². The first kappa shape index (κ1) is 17.8. The van der Waals surface area contributed by atoms with E-state index in [0.29, 0.717) is 0 Å². The first-order chi connectivity index (χ1) is 10.4. The van der Waals surface area contributed by atoms with Crippen molar-refractivity contribution in [1.29, 1.82) is 5.26 Å². The van der Waals surface area contributed by atoms with Gasteiger partial charge < -0.3 is 10.2 Å². The van der Waals surface area contributed by atoms with Crippen LogP contribution in [-0.4, -0.2) is 24.4 Å². The van der Waals surface area contributed by atoms with Crippen molar-refractivity contribution in [3.63, 3.8) is 0 Å². The highest BCUT2D eigenvalue weighted by Gasteiger charge is 2.13. The predicted molar refractivity (Wildman–Crippen MR) is 90.5 cm³/mol. The third-order valence-corrected chi connectivity index (χ3v) is 3.49. The van der Waals surface area contributed by atoms with Crippen LogP contribution in [0.25, 0.3) is 0 Å². The van der Waals surface area contributed by atoms with Crippen LogP contribution in [0.3, 0.4) is 0 Å². The number of nitrogens with one attached hydrogen (secondary N) is 1. The van der Waals surface area contributed by atoms with Gasteiger partial charge in [-0.25, -0.2) is 0 Å². The van der Waals surface area contributed by atoms with Gasteiger partial charge in [0.05, 0.1) is 0 Å². The minimum absolute atomic E-state index is 0.123. The fraction of sp³-hybridized carbons (Fsp3) is 0.444. The summed E-state index contributed by atoms with van der Waals surface area (Å²) in [7, 11) is 1.88. The number of anilines is 1. The summed E-state index contributed by atoms with van der Waals surface area (Å²) in [6, 6.07) is 6.03. The van der Waals surface area contributed by atoms with Gasteiger partial charge in [0.2, 0.25) is 0 Å². The quantitative estimate of drug-likeness (QED) is 0.644. The largest absolute Gasteiger partial charge is 0.379 e. The second-order valence-electron chi connectivity index (χ2n) is 5.72. The van der Waals surface area contributed by atoms with Gasteiger partial charge in [-0.05, 0) is 38.3 Å². The molecule has 0 unspecified atom stereocenters. The number of nitriles is 1. The molecular formula is C18H25N3O. The molecule has 0 fully saturated rings. The number of amides is 1. The van der Waals surface area contributed by atoms with Gasteiger partial charge in [-0.2, -0.15) is 5.26 Å². The highest BCUT2D eigenvalue weighted by molar-refractivity contribution is 6.07. The highest BCUT2D eigenvalue weighted by Crippen LogP contribution is 2.22. The van der Waals surface area contributed by atoms with Crippen LogP contribution in [0.1, 0.15) is 36.5 Å². The maximum absolute atomic E-state index is 12.3. The fourth-order valence-electron chi connectivity index (χ4n) is 2.39. The fourth-order valence-corrected chi connectivity index (χ4v) is 2.39. The molecule has 4 nitrogen and oxygen atoms in total. The molecule has 0 atom stereocenters. The zero-order valence-corrected chi connectivity index (χ0v) is 14.2. The molecule has 0 radical (unpaired) electrons. The van der Waals surface area contributed by atoms with E-state index in [1.807, 2.05) is 50.9 Å². The standard InChI is InChI=1S/C18H25N3O/c1-6-7-8-21(5)12-16(11-19)18(22)20-17-14(3)9-13(2)10-15(17)4/h9-10,12H,6-8H2,1-5H3,(H,20,22)/b16-12-. The van der Waals surface area contributed by atoms with Crippen LogP contribution in [0.2, 0.25) is 0 Å². The van der Waals surface area contributed by atoms with Crippen molar-refractivity contribution in [1.82, 2.24) is 4.90 Å². The molecular weight excluding hydrogens is 274 g/mol. The van der Waals surface area contributed by atoms with Crippen molar-refractivity contribution >= 4 is 11.6 Å². The number of hydrogen-bond donors (Lipinski definition) is 1. The summed E-state index contributed by atoms with van der Waals surface area (Å²) < 4.78 is 0. The average Bonchev–Trinajstić information content (AvgIpc) is 2.45. The van der Waals surface area contributed by atoms with Crippen LogP contribution in [-0.2, 0) is 4.79 Å². The number of carbonyl (C=O) groups excluding carboxylic acids is 1. The van der Waals surface area contributed by atoms with Gasteiger partial charge in [-0.3, -0.25) is 4.79 Å². The van der Waals surface area contributed by atoms with E-state index in [1.54, 1.807) is 6.20 Å². The van der Waals surface area contributed by atoms with Crippen molar-refractivity contribution in [3.05, 3.63) is 40.6 Å². The van der Waals surface area contributed by atoms with Gasteiger partial charge >= 0.3 is 0 Å². The number of nitrogens with zero attached hydrogens (tertiary/aromatic N) is 2. The smallest absolute Gasteiger partial charge is 0.267 e. The van der Waals surface area contributed by atoms with E-state index in [4.69, 9.17) is 0 Å². The molecule has 0 heterocycles. The van der Waals surface area contributed by atoms with E-state index in [2.05, 4.69) is 12.2 Å². The average molecular weight is 299 g/mol. The minimum atomic E-state index is -0.360. The van der Waals surface area contributed by atoms with Crippen molar-refractivity contribution in [2.75, 3.05) is 18.9 Å². The minimum Gasteiger partial charge on any atom is -0.379 e. The zero-order valence-electron chi connectivity index (χ0n) is 14.2. The summed E-state index contributed by atoms with van der Waals surface area (Å²) in [5.41, 5.74) is 4.07. The van der Waals surface area contributed by atoms with Crippen LogP contribution in [0.5, 0.6) is 0 Å². The summed E-state index contributed by atoms with van der Waals surface area (Å²) in [6.45, 7) is 8.88. The van der Waals surface area contributed by atoms with Gasteiger partial charge in [0.25, 0.3) is 5.91 Å². The lowest BCUT2D eigenvalue weighted by Gasteiger charge is -2.15. The lowest BCUT2D eigenvalue weighted by molar-refractivity contribution is -0.112. The van der Waals surface area contributed by atoms with Gasteiger partial charge in [0, 0.05) is 25.5 Å². The molecule has 0 saturated heterocycles. The van der Waals surface area contributed by atoms with Crippen LogP contribution >= 0.6 is 0 Å². The van der Waals surface area contributed by atoms with Crippen LogP contribution < -0.4 is 5.32 Å². The summed E-state index contributed by atoms with van der Waals surface area (Å²) in [5, 5.41) is 12.1. The van der Waals surface area contributed by atoms with Crippen molar-refractivity contribution < 1.29 is 4.79 Å². The van der Waals surface area contributed by atoms with Crippen LogP contribution in [0, 0.1) is 32.1 Å². The number of carbonyl (C=O) groups is 1. The lowest BCUT2D eigenvalue weighted by Crippen LogP contribution is -2.19. The summed E-state index contributed by atoms with van der Waals surface area (Å²) in [6.07, 6.45) is 3.72. The summed E-state index contributed by atoms with van der Waals surface area (Å²) in [5.74, 6) is -0.360. The molecule has 0 saturated carbocycles. The Kier molecular flexibility index (Phi) is 6.65. The van der Waals surface area contributed by atoms with Gasteiger partial charge in [0.15, 0.2) is 0 Å². The predicted octanol–water partition coefficient (Wildman–Crippen LogP) is 3.69. The first-order valence-corrected chi connectivity index (χ1v) is 7.60. The Labute approximate surface area is 133 Å². The first-order valence-electron chi connectivity index (χ1n) is 7.60. The Balaban J connectivity index is 2.91. The monoisotopic (exact) mass is 299 g/mol. The number of aryl methyl sites for hydroxylation is 3. The van der Waals surface area contributed by atoms with E-state index in [1.165, 1.54) is 0 Å². The van der Waals surface area contributed by atoms with E-state index in [9.17, 15) is 10.1 Å². The Hall–Kier alpha value is -2.28. The number of hydrogen-bond acceptors (Lipinski definition) is 3. The van der Waals surface area contributed by atoms with Crippen LogP contribution in [0.4, 0.5) is 5.69 Å². The molecule has 0 bridgehead atoms. The molecule has 0 spiro atoms. The Morgan fingerprint density at radius 3 is 2.41 bits per heavy atom. The van der Waals surface area contributed by atoms with E-state index < -0.39 is 0 Å². The van der Waals surface area contributed by atoms with Crippen molar-refractivity contribution in [2.24, 2.45) is 0 Å². The molecule has 1 amide bonds. The zero-order chi connectivity index (χ0) is 16.7. The molecule has 1 aromatic rings. The maximum atomic E-state index is 12.3. The second kappa shape index (κ2) is 8.23. The van der Waals surface area contributed by atoms with Gasteiger partial charge in [-0.1, -0.05) is 31.0 Å². The molecule has 0 aromatic heterocycles.